The van der Waals surface area contributed by atoms with E-state index in [2.05, 4.69) is 4.37 Å². The van der Waals surface area contributed by atoms with Crippen LogP contribution in [-0.4, -0.2) is 20.5 Å². The molecule has 0 saturated carbocycles. The van der Waals surface area contributed by atoms with Gasteiger partial charge >= 0.3 is 11.9 Å². The van der Waals surface area contributed by atoms with E-state index in [1.54, 1.807) is 17.1 Å². The topological polar surface area (TPSA) is 101 Å². The third kappa shape index (κ3) is 3.11. The van der Waals surface area contributed by atoms with E-state index in [1.165, 1.54) is 12.1 Å². The highest BCUT2D eigenvalue weighted by Crippen LogP contribution is 2.30. The van der Waals surface area contributed by atoms with Gasteiger partial charge < -0.3 is 9.72 Å². The van der Waals surface area contributed by atoms with Crippen LogP contribution in [0.1, 0.15) is 5.69 Å². The molecule has 0 fully saturated rings. The zero-order valence-electron chi connectivity index (χ0n) is 12.1. The maximum atomic E-state index is 12.7. The summed E-state index contributed by atoms with van der Waals surface area (Å²) in [4.78, 5) is 25.6. The van der Waals surface area contributed by atoms with Gasteiger partial charge in [0.15, 0.2) is 6.61 Å². The van der Waals surface area contributed by atoms with E-state index in [0.29, 0.717) is 20.7 Å². The fourth-order valence-corrected chi connectivity index (χ4v) is 2.85. The van der Waals surface area contributed by atoms with Crippen molar-refractivity contribution in [3.8, 4) is 17.6 Å². The molecular formula is C14H7F3N4O3S. The highest BCUT2D eigenvalue weighted by Gasteiger charge is 2.33. The van der Waals surface area contributed by atoms with Gasteiger partial charge in [0.1, 0.15) is 11.8 Å². The van der Waals surface area contributed by atoms with Crippen LogP contribution in [0.15, 0.2) is 33.9 Å². The van der Waals surface area contributed by atoms with Crippen molar-refractivity contribution in [2.45, 2.75) is 6.18 Å². The predicted molar refractivity (Wildman–Crippen MR) is 81.9 cm³/mol. The first-order valence-electron chi connectivity index (χ1n) is 6.64. The van der Waals surface area contributed by atoms with Crippen LogP contribution >= 0.6 is 11.5 Å². The SMILES string of the molecule is N#CCOc1nsc2ccc(-n3c(=O)cc(C(F)(F)F)[nH]c3=O)cc12. The van der Waals surface area contributed by atoms with Crippen molar-refractivity contribution in [3.63, 3.8) is 0 Å². The van der Waals surface area contributed by atoms with Gasteiger partial charge in [0, 0.05) is 6.07 Å². The van der Waals surface area contributed by atoms with Crippen LogP contribution in [0.4, 0.5) is 13.2 Å². The Hall–Kier alpha value is -3.13. The predicted octanol–water partition coefficient (Wildman–Crippen LogP) is 2.06. The van der Waals surface area contributed by atoms with E-state index in [9.17, 15) is 22.8 Å². The highest BCUT2D eigenvalue weighted by molar-refractivity contribution is 7.13. The Labute approximate surface area is 140 Å². The van der Waals surface area contributed by atoms with E-state index >= 15 is 0 Å². The van der Waals surface area contributed by atoms with Gasteiger partial charge in [0.25, 0.3) is 5.56 Å². The summed E-state index contributed by atoms with van der Waals surface area (Å²) in [7, 11) is 0. The van der Waals surface area contributed by atoms with E-state index in [0.717, 1.165) is 11.5 Å². The second-order valence-corrected chi connectivity index (χ2v) is 5.58. The number of fused-ring (bicyclic) bond motifs is 1. The number of aromatic nitrogens is 3. The minimum atomic E-state index is -4.84. The van der Waals surface area contributed by atoms with Crippen LogP contribution in [0.2, 0.25) is 0 Å². The molecule has 0 aliphatic carbocycles. The first kappa shape index (κ1) is 16.7. The molecule has 3 rings (SSSR count). The molecule has 2 aromatic heterocycles. The molecule has 0 aliphatic rings. The lowest BCUT2D eigenvalue weighted by Crippen LogP contribution is -2.35. The number of alkyl halides is 3. The molecule has 7 nitrogen and oxygen atoms in total. The van der Waals surface area contributed by atoms with Crippen LogP contribution in [0, 0.1) is 11.3 Å². The molecular weight excluding hydrogens is 361 g/mol. The number of rotatable bonds is 3. The lowest BCUT2D eigenvalue weighted by Gasteiger charge is -2.09. The van der Waals surface area contributed by atoms with E-state index in [4.69, 9.17) is 10.00 Å². The summed E-state index contributed by atoms with van der Waals surface area (Å²) in [5, 5.41) is 8.99. The fourth-order valence-electron chi connectivity index (χ4n) is 2.14. The van der Waals surface area contributed by atoms with E-state index < -0.39 is 23.1 Å². The Morgan fingerprint density at radius 1 is 1.32 bits per heavy atom. The summed E-state index contributed by atoms with van der Waals surface area (Å²) in [5.41, 5.74) is -3.72. The molecule has 0 radical (unpaired) electrons. The van der Waals surface area contributed by atoms with Crippen LogP contribution in [-0.2, 0) is 6.18 Å². The summed E-state index contributed by atoms with van der Waals surface area (Å²) < 4.78 is 48.3. The zero-order chi connectivity index (χ0) is 18.2. The van der Waals surface area contributed by atoms with Crippen LogP contribution in [0.3, 0.4) is 0 Å². The standard InChI is InChI=1S/C14H7F3N4O3S/c15-14(16,17)10-6-11(22)21(13(23)19-10)7-1-2-9-8(5-7)12(20-25-9)24-4-3-18/h1-2,5-6H,4H2,(H,19,23). The normalized spacial score (nSPS) is 11.4. The summed E-state index contributed by atoms with van der Waals surface area (Å²) >= 11 is 1.08. The van der Waals surface area contributed by atoms with Gasteiger partial charge in [0.05, 0.1) is 15.8 Å². The summed E-state index contributed by atoms with van der Waals surface area (Å²) in [5.74, 6) is 0.139. The van der Waals surface area contributed by atoms with Crippen molar-refractivity contribution in [3.05, 3.63) is 50.8 Å². The van der Waals surface area contributed by atoms with Crippen molar-refractivity contribution in [1.82, 2.24) is 13.9 Å². The number of H-pyrrole nitrogens is 1. The first-order valence-corrected chi connectivity index (χ1v) is 7.42. The molecule has 25 heavy (non-hydrogen) atoms. The average molecular weight is 368 g/mol. The van der Waals surface area contributed by atoms with Gasteiger partial charge in [-0.1, -0.05) is 0 Å². The van der Waals surface area contributed by atoms with Gasteiger partial charge in [-0.05, 0) is 29.7 Å². The Balaban J connectivity index is 2.15. The molecule has 0 aliphatic heterocycles. The number of hydrogen-bond acceptors (Lipinski definition) is 6. The number of ether oxygens (including phenoxy) is 1. The minimum Gasteiger partial charge on any atom is -0.461 e. The van der Waals surface area contributed by atoms with E-state index in [-0.39, 0.29) is 18.2 Å². The molecule has 3 aromatic rings. The van der Waals surface area contributed by atoms with Gasteiger partial charge in [-0.15, -0.1) is 0 Å². The third-order valence-corrected chi connectivity index (χ3v) is 4.00. The second kappa shape index (κ2) is 6.06. The van der Waals surface area contributed by atoms with Crippen molar-refractivity contribution in [2.75, 3.05) is 6.61 Å². The molecule has 2 heterocycles. The van der Waals surface area contributed by atoms with Crippen molar-refractivity contribution >= 4 is 21.6 Å². The van der Waals surface area contributed by atoms with Crippen LogP contribution in [0.5, 0.6) is 5.88 Å². The average Bonchev–Trinajstić information content (AvgIpc) is 2.94. The molecule has 1 N–H and O–H groups in total. The molecule has 0 atom stereocenters. The van der Waals surface area contributed by atoms with Crippen LogP contribution in [0.25, 0.3) is 15.8 Å². The third-order valence-electron chi connectivity index (χ3n) is 3.19. The lowest BCUT2D eigenvalue weighted by atomic mass is 10.2. The smallest absolute Gasteiger partial charge is 0.431 e. The number of nitriles is 1. The Bertz CT molecular complexity index is 1080. The van der Waals surface area contributed by atoms with Gasteiger partial charge in [-0.2, -0.15) is 22.8 Å². The number of nitrogens with zero attached hydrogens (tertiary/aromatic N) is 3. The number of hydrogen-bond donors (Lipinski definition) is 1. The Kier molecular flexibility index (Phi) is 4.05. The maximum absolute atomic E-state index is 12.7. The molecule has 1 aromatic carbocycles. The van der Waals surface area contributed by atoms with E-state index in [1.807, 2.05) is 0 Å². The fraction of sp³-hybridized carbons (Fsp3) is 0.143. The van der Waals surface area contributed by atoms with Crippen molar-refractivity contribution < 1.29 is 17.9 Å². The van der Waals surface area contributed by atoms with Gasteiger partial charge in [-0.25, -0.2) is 9.36 Å². The summed E-state index contributed by atoms with van der Waals surface area (Å²) in [6.45, 7) is -0.246. The van der Waals surface area contributed by atoms with Crippen molar-refractivity contribution in [2.24, 2.45) is 0 Å². The number of halogens is 3. The molecule has 0 amide bonds. The molecule has 0 saturated heterocycles. The second-order valence-electron chi connectivity index (χ2n) is 4.77. The monoisotopic (exact) mass is 368 g/mol. The Morgan fingerprint density at radius 2 is 2.08 bits per heavy atom. The minimum absolute atomic E-state index is 0.0504. The molecule has 0 spiro atoms. The van der Waals surface area contributed by atoms with Crippen LogP contribution < -0.4 is 16.0 Å². The number of aromatic amines is 1. The number of benzene rings is 1. The largest absolute Gasteiger partial charge is 0.461 e. The molecule has 11 heteroatoms. The molecule has 0 bridgehead atoms. The highest BCUT2D eigenvalue weighted by atomic mass is 32.1. The van der Waals surface area contributed by atoms with Gasteiger partial charge in [0.2, 0.25) is 5.88 Å². The number of nitrogens with one attached hydrogen (secondary N) is 1. The zero-order valence-corrected chi connectivity index (χ0v) is 12.9. The quantitative estimate of drug-likeness (QED) is 0.763. The molecule has 128 valence electrons. The molecule has 0 unspecified atom stereocenters. The summed E-state index contributed by atoms with van der Waals surface area (Å²) in [6, 6.07) is 6.42. The summed E-state index contributed by atoms with van der Waals surface area (Å²) in [6.07, 6.45) is -4.84. The van der Waals surface area contributed by atoms with Gasteiger partial charge in [-0.3, -0.25) is 4.79 Å². The first-order chi connectivity index (χ1) is 11.8. The lowest BCUT2D eigenvalue weighted by molar-refractivity contribution is -0.141. The van der Waals surface area contributed by atoms with Crippen molar-refractivity contribution in [1.29, 1.82) is 5.26 Å². The Morgan fingerprint density at radius 3 is 2.72 bits per heavy atom. The maximum Gasteiger partial charge on any atom is 0.431 e.